The smallest absolute Gasteiger partial charge is 0.132 e. The Balaban J connectivity index is 2.61. The SMILES string of the molecule is CNc1cc(NC(C)CCOC)nc(C)n1. The molecule has 0 spiro atoms. The second-order valence-corrected chi connectivity index (χ2v) is 3.76. The lowest BCUT2D eigenvalue weighted by atomic mass is 10.2. The largest absolute Gasteiger partial charge is 0.385 e. The molecule has 0 aromatic carbocycles. The number of aryl methyl sites for hydroxylation is 1. The van der Waals surface area contributed by atoms with E-state index in [9.17, 15) is 0 Å². The summed E-state index contributed by atoms with van der Waals surface area (Å²) in [5, 5.41) is 6.33. The summed E-state index contributed by atoms with van der Waals surface area (Å²) in [4.78, 5) is 8.56. The fourth-order valence-electron chi connectivity index (χ4n) is 1.39. The van der Waals surface area contributed by atoms with Crippen molar-refractivity contribution < 1.29 is 4.74 Å². The molecule has 0 saturated carbocycles. The first-order chi connectivity index (χ1) is 7.65. The summed E-state index contributed by atoms with van der Waals surface area (Å²) in [6.45, 7) is 4.73. The maximum atomic E-state index is 5.03. The summed E-state index contributed by atoms with van der Waals surface area (Å²) in [6.07, 6.45) is 0.953. The zero-order chi connectivity index (χ0) is 12.0. The number of aromatic nitrogens is 2. The van der Waals surface area contributed by atoms with Crippen LogP contribution < -0.4 is 10.6 Å². The molecule has 1 aromatic rings. The number of nitrogens with one attached hydrogen (secondary N) is 2. The van der Waals surface area contributed by atoms with Crippen molar-refractivity contribution >= 4 is 11.6 Å². The highest BCUT2D eigenvalue weighted by atomic mass is 16.5. The molecule has 16 heavy (non-hydrogen) atoms. The van der Waals surface area contributed by atoms with Gasteiger partial charge in [-0.2, -0.15) is 0 Å². The van der Waals surface area contributed by atoms with Gasteiger partial charge in [-0.3, -0.25) is 0 Å². The van der Waals surface area contributed by atoms with Crippen LogP contribution in [0.2, 0.25) is 0 Å². The van der Waals surface area contributed by atoms with Crippen LogP contribution in [0.5, 0.6) is 0 Å². The Bertz CT molecular complexity index is 330. The van der Waals surface area contributed by atoms with Crippen molar-refractivity contribution in [3.8, 4) is 0 Å². The molecule has 90 valence electrons. The van der Waals surface area contributed by atoms with Gasteiger partial charge in [0.2, 0.25) is 0 Å². The molecule has 5 nitrogen and oxygen atoms in total. The van der Waals surface area contributed by atoms with Crippen LogP contribution in [0, 0.1) is 6.92 Å². The van der Waals surface area contributed by atoms with E-state index in [1.807, 2.05) is 20.0 Å². The topological polar surface area (TPSA) is 59.1 Å². The lowest BCUT2D eigenvalue weighted by Gasteiger charge is -2.14. The van der Waals surface area contributed by atoms with Crippen LogP contribution in [0.3, 0.4) is 0 Å². The monoisotopic (exact) mass is 224 g/mol. The van der Waals surface area contributed by atoms with Crippen molar-refractivity contribution in [2.75, 3.05) is 31.4 Å². The standard InChI is InChI=1S/C11H20N4O/c1-8(5-6-16-4)13-11-7-10(12-3)14-9(2)15-11/h7-8H,5-6H2,1-4H3,(H2,12,13,14,15). The van der Waals surface area contributed by atoms with E-state index >= 15 is 0 Å². The number of rotatable bonds is 6. The lowest BCUT2D eigenvalue weighted by molar-refractivity contribution is 0.191. The first kappa shape index (κ1) is 12.7. The van der Waals surface area contributed by atoms with E-state index in [1.54, 1.807) is 7.11 Å². The summed E-state index contributed by atoms with van der Waals surface area (Å²) in [5.74, 6) is 2.43. The fraction of sp³-hybridized carbons (Fsp3) is 0.636. The number of hydrogen-bond donors (Lipinski definition) is 2. The Morgan fingerprint density at radius 3 is 2.69 bits per heavy atom. The predicted octanol–water partition coefficient (Wildman–Crippen LogP) is 1.66. The molecule has 2 N–H and O–H groups in total. The molecule has 5 heteroatoms. The third-order valence-electron chi connectivity index (χ3n) is 2.24. The van der Waals surface area contributed by atoms with Crippen molar-refractivity contribution in [3.63, 3.8) is 0 Å². The van der Waals surface area contributed by atoms with Gasteiger partial charge in [-0.15, -0.1) is 0 Å². The highest BCUT2D eigenvalue weighted by Crippen LogP contribution is 2.12. The van der Waals surface area contributed by atoms with Crippen molar-refractivity contribution in [3.05, 3.63) is 11.9 Å². The Morgan fingerprint density at radius 2 is 2.06 bits per heavy atom. The predicted molar refractivity (Wildman–Crippen MR) is 65.9 cm³/mol. The Hall–Kier alpha value is -1.36. The molecule has 0 amide bonds. The molecular weight excluding hydrogens is 204 g/mol. The minimum absolute atomic E-state index is 0.332. The lowest BCUT2D eigenvalue weighted by Crippen LogP contribution is -2.18. The quantitative estimate of drug-likeness (QED) is 0.769. The molecular formula is C11H20N4O. The molecule has 1 unspecified atom stereocenters. The average molecular weight is 224 g/mol. The number of anilines is 2. The van der Waals surface area contributed by atoms with E-state index in [2.05, 4.69) is 27.5 Å². The van der Waals surface area contributed by atoms with Crippen LogP contribution in [0.4, 0.5) is 11.6 Å². The fourth-order valence-corrected chi connectivity index (χ4v) is 1.39. The molecule has 0 radical (unpaired) electrons. The van der Waals surface area contributed by atoms with Crippen LogP contribution >= 0.6 is 0 Å². The van der Waals surface area contributed by atoms with E-state index in [4.69, 9.17) is 4.74 Å². The number of methoxy groups -OCH3 is 1. The van der Waals surface area contributed by atoms with Crippen molar-refractivity contribution in [2.24, 2.45) is 0 Å². The van der Waals surface area contributed by atoms with Gasteiger partial charge < -0.3 is 15.4 Å². The van der Waals surface area contributed by atoms with Crippen LogP contribution in [0.15, 0.2) is 6.07 Å². The zero-order valence-corrected chi connectivity index (χ0v) is 10.4. The number of ether oxygens (including phenoxy) is 1. The molecule has 1 atom stereocenters. The second kappa shape index (κ2) is 6.27. The number of nitrogens with zero attached hydrogens (tertiary/aromatic N) is 2. The van der Waals surface area contributed by atoms with Crippen LogP contribution in [0.1, 0.15) is 19.2 Å². The average Bonchev–Trinajstić information content (AvgIpc) is 2.25. The van der Waals surface area contributed by atoms with Gasteiger partial charge in [0.1, 0.15) is 17.5 Å². The third-order valence-corrected chi connectivity index (χ3v) is 2.24. The molecule has 0 fully saturated rings. The van der Waals surface area contributed by atoms with Crippen molar-refractivity contribution in [1.29, 1.82) is 0 Å². The van der Waals surface area contributed by atoms with E-state index in [-0.39, 0.29) is 0 Å². The van der Waals surface area contributed by atoms with Gasteiger partial charge in [-0.05, 0) is 20.3 Å². The molecule has 0 aliphatic carbocycles. The molecule has 0 aliphatic heterocycles. The highest BCUT2D eigenvalue weighted by Gasteiger charge is 2.05. The first-order valence-corrected chi connectivity index (χ1v) is 5.44. The van der Waals surface area contributed by atoms with Gasteiger partial charge in [0.25, 0.3) is 0 Å². The summed E-state index contributed by atoms with van der Waals surface area (Å²) in [6, 6.07) is 2.23. The van der Waals surface area contributed by atoms with E-state index < -0.39 is 0 Å². The van der Waals surface area contributed by atoms with E-state index in [0.29, 0.717) is 6.04 Å². The molecule has 0 saturated heterocycles. The Labute approximate surface area is 96.6 Å². The van der Waals surface area contributed by atoms with Gasteiger partial charge in [0.15, 0.2) is 0 Å². The van der Waals surface area contributed by atoms with Crippen LogP contribution in [-0.2, 0) is 4.74 Å². The van der Waals surface area contributed by atoms with Gasteiger partial charge in [0, 0.05) is 32.9 Å². The Kier molecular flexibility index (Phi) is 4.98. The van der Waals surface area contributed by atoms with Crippen molar-refractivity contribution in [2.45, 2.75) is 26.3 Å². The Morgan fingerprint density at radius 1 is 1.38 bits per heavy atom. The maximum absolute atomic E-state index is 5.03. The van der Waals surface area contributed by atoms with Gasteiger partial charge in [0.05, 0.1) is 0 Å². The first-order valence-electron chi connectivity index (χ1n) is 5.44. The summed E-state index contributed by atoms with van der Waals surface area (Å²) < 4.78 is 5.03. The highest BCUT2D eigenvalue weighted by molar-refractivity contribution is 5.47. The van der Waals surface area contributed by atoms with Crippen LogP contribution in [-0.4, -0.2) is 36.8 Å². The maximum Gasteiger partial charge on any atom is 0.132 e. The molecule has 0 aliphatic rings. The van der Waals surface area contributed by atoms with Gasteiger partial charge in [-0.25, -0.2) is 9.97 Å². The molecule has 0 bridgehead atoms. The van der Waals surface area contributed by atoms with E-state index in [0.717, 1.165) is 30.5 Å². The third kappa shape index (κ3) is 4.02. The zero-order valence-electron chi connectivity index (χ0n) is 10.4. The van der Waals surface area contributed by atoms with Gasteiger partial charge >= 0.3 is 0 Å². The molecule has 1 heterocycles. The summed E-state index contributed by atoms with van der Waals surface area (Å²) >= 11 is 0. The minimum Gasteiger partial charge on any atom is -0.385 e. The summed E-state index contributed by atoms with van der Waals surface area (Å²) in [5.41, 5.74) is 0. The minimum atomic E-state index is 0.332. The second-order valence-electron chi connectivity index (χ2n) is 3.76. The van der Waals surface area contributed by atoms with Crippen LogP contribution in [0.25, 0.3) is 0 Å². The van der Waals surface area contributed by atoms with E-state index in [1.165, 1.54) is 0 Å². The summed E-state index contributed by atoms with van der Waals surface area (Å²) in [7, 11) is 3.56. The van der Waals surface area contributed by atoms with Gasteiger partial charge in [-0.1, -0.05) is 0 Å². The molecule has 1 aromatic heterocycles. The number of hydrogen-bond acceptors (Lipinski definition) is 5. The normalized spacial score (nSPS) is 12.2. The molecule has 1 rings (SSSR count). The van der Waals surface area contributed by atoms with Crippen molar-refractivity contribution in [1.82, 2.24) is 9.97 Å².